The van der Waals surface area contributed by atoms with E-state index in [1.54, 1.807) is 30.3 Å². The Labute approximate surface area is 229 Å². The number of esters is 2. The van der Waals surface area contributed by atoms with E-state index in [0.29, 0.717) is 5.39 Å². The van der Waals surface area contributed by atoms with Gasteiger partial charge in [0.2, 0.25) is 5.72 Å². The van der Waals surface area contributed by atoms with Crippen molar-refractivity contribution in [3.63, 3.8) is 0 Å². The van der Waals surface area contributed by atoms with E-state index in [2.05, 4.69) is 20.0 Å². The molecule has 0 radical (unpaired) electrons. The van der Waals surface area contributed by atoms with Crippen LogP contribution < -0.4 is 0 Å². The molecular formula is C25H17Cl2FN6O5. The lowest BCUT2D eigenvalue weighted by atomic mass is 10.1. The van der Waals surface area contributed by atoms with Gasteiger partial charge in [-0.3, -0.25) is 0 Å². The maximum absolute atomic E-state index is 16.2. The predicted molar refractivity (Wildman–Crippen MR) is 137 cm³/mol. The van der Waals surface area contributed by atoms with Gasteiger partial charge in [-0.25, -0.2) is 23.9 Å². The van der Waals surface area contributed by atoms with Crippen molar-refractivity contribution >= 4 is 46.2 Å². The molecule has 4 atom stereocenters. The zero-order valence-corrected chi connectivity index (χ0v) is 21.2. The largest absolute Gasteiger partial charge is 0.459 e. The molecule has 1 aliphatic rings. The molecule has 5 rings (SSSR count). The van der Waals surface area contributed by atoms with Crippen LogP contribution in [0.1, 0.15) is 26.9 Å². The normalized spacial score (nSPS) is 22.3. The smallest absolute Gasteiger partial charge is 0.338 e. The van der Waals surface area contributed by atoms with E-state index < -0.39 is 42.8 Å². The van der Waals surface area contributed by atoms with Crippen molar-refractivity contribution in [1.82, 2.24) is 14.5 Å². The van der Waals surface area contributed by atoms with Crippen LogP contribution in [0, 0.1) is 0 Å². The van der Waals surface area contributed by atoms with Crippen molar-refractivity contribution in [2.75, 3.05) is 6.61 Å². The number of benzene rings is 2. The van der Waals surface area contributed by atoms with Crippen molar-refractivity contribution in [3.05, 3.63) is 105 Å². The Bertz CT molecular complexity index is 1600. The molecule has 1 fully saturated rings. The molecule has 0 saturated carbocycles. The van der Waals surface area contributed by atoms with Gasteiger partial charge in [0.1, 0.15) is 23.7 Å². The van der Waals surface area contributed by atoms with Crippen LogP contribution in [0.2, 0.25) is 10.2 Å². The molecule has 198 valence electrons. The van der Waals surface area contributed by atoms with Crippen LogP contribution in [-0.2, 0) is 14.2 Å². The predicted octanol–water partition coefficient (Wildman–Crippen LogP) is 5.69. The van der Waals surface area contributed by atoms with E-state index in [0.717, 1.165) is 0 Å². The van der Waals surface area contributed by atoms with Gasteiger partial charge in [0.05, 0.1) is 16.5 Å². The number of alkyl halides is 1. The van der Waals surface area contributed by atoms with Gasteiger partial charge in [0.15, 0.2) is 18.5 Å². The highest BCUT2D eigenvalue weighted by Gasteiger charge is 2.60. The zero-order valence-electron chi connectivity index (χ0n) is 19.7. The highest BCUT2D eigenvalue weighted by Crippen LogP contribution is 2.44. The summed E-state index contributed by atoms with van der Waals surface area (Å²) in [6, 6.07) is 15.3. The first-order valence-electron chi connectivity index (χ1n) is 11.4. The van der Waals surface area contributed by atoms with E-state index in [1.165, 1.54) is 47.4 Å². The van der Waals surface area contributed by atoms with Crippen molar-refractivity contribution in [1.29, 1.82) is 0 Å². The van der Waals surface area contributed by atoms with E-state index in [1.807, 2.05) is 0 Å². The van der Waals surface area contributed by atoms with Gasteiger partial charge < -0.3 is 18.8 Å². The standard InChI is InChI=1S/C25H17Cl2FN6O5/c26-16-8-4-7-15(11-16)23(35)37-12-25(32-33-29)19(38-24(36)14-5-2-1-3-6-14)18(28)22(39-25)34-10-9-17-20(27)30-13-31-21(17)34/h1-11,13,18-19,22H,12H2/t18-,19-,22+,25+/m0/s1. The molecule has 0 unspecified atom stereocenters. The van der Waals surface area contributed by atoms with Gasteiger partial charge in [-0.05, 0) is 41.9 Å². The van der Waals surface area contributed by atoms with E-state index in [-0.39, 0.29) is 26.9 Å². The number of rotatable bonds is 7. The number of halogens is 3. The van der Waals surface area contributed by atoms with Gasteiger partial charge in [0.25, 0.3) is 0 Å². The molecule has 0 amide bonds. The summed E-state index contributed by atoms with van der Waals surface area (Å²) >= 11 is 12.1. The number of aromatic nitrogens is 3. The van der Waals surface area contributed by atoms with Gasteiger partial charge in [-0.15, -0.1) is 0 Å². The molecule has 4 aromatic rings. The second kappa shape index (κ2) is 10.9. The Morgan fingerprint density at radius 2 is 1.87 bits per heavy atom. The first-order valence-corrected chi connectivity index (χ1v) is 12.1. The lowest BCUT2D eigenvalue weighted by Gasteiger charge is -2.28. The number of ether oxygens (including phenoxy) is 3. The monoisotopic (exact) mass is 570 g/mol. The maximum Gasteiger partial charge on any atom is 0.338 e. The van der Waals surface area contributed by atoms with Crippen LogP contribution in [0.5, 0.6) is 0 Å². The quantitative estimate of drug-likeness (QED) is 0.0912. The number of hydrogen-bond donors (Lipinski definition) is 0. The Hall–Kier alpha value is -4.22. The fourth-order valence-corrected chi connectivity index (χ4v) is 4.56. The minimum atomic E-state index is -2.29. The summed E-state index contributed by atoms with van der Waals surface area (Å²) in [5.41, 5.74) is 7.53. The van der Waals surface area contributed by atoms with Crippen molar-refractivity contribution in [2.45, 2.75) is 24.2 Å². The van der Waals surface area contributed by atoms with E-state index >= 15 is 4.39 Å². The van der Waals surface area contributed by atoms with Gasteiger partial charge in [0, 0.05) is 16.1 Å². The Morgan fingerprint density at radius 1 is 1.10 bits per heavy atom. The molecule has 2 aromatic carbocycles. The maximum atomic E-state index is 16.2. The summed E-state index contributed by atoms with van der Waals surface area (Å²) in [6.45, 7) is -0.791. The average molecular weight is 571 g/mol. The first-order chi connectivity index (χ1) is 18.8. The van der Waals surface area contributed by atoms with Gasteiger partial charge >= 0.3 is 11.9 Å². The number of hydrogen-bond acceptors (Lipinski definition) is 8. The Balaban J connectivity index is 1.52. The Kier molecular flexibility index (Phi) is 7.36. The SMILES string of the molecule is [N-]=[N+]=N[C@]1(COC(=O)c2cccc(Cl)c2)O[C@@H](n2ccc3c(Cl)ncnc32)[C@@H](F)[C@@H]1OC(=O)c1ccccc1. The molecule has 14 heteroatoms. The summed E-state index contributed by atoms with van der Waals surface area (Å²) in [7, 11) is 0. The summed E-state index contributed by atoms with van der Waals surface area (Å²) in [5.74, 6) is -1.76. The summed E-state index contributed by atoms with van der Waals surface area (Å²) in [4.78, 5) is 36.5. The number of nitrogens with zero attached hydrogens (tertiary/aromatic N) is 6. The first kappa shape index (κ1) is 26.4. The minimum Gasteiger partial charge on any atom is -0.459 e. The molecule has 0 bridgehead atoms. The zero-order chi connectivity index (χ0) is 27.6. The molecule has 0 aliphatic carbocycles. The van der Waals surface area contributed by atoms with Crippen LogP contribution in [0.4, 0.5) is 4.39 Å². The molecule has 1 aliphatic heterocycles. The fourth-order valence-electron chi connectivity index (χ4n) is 4.18. The van der Waals surface area contributed by atoms with Crippen LogP contribution >= 0.6 is 23.2 Å². The van der Waals surface area contributed by atoms with Gasteiger partial charge in [-0.2, -0.15) is 0 Å². The molecule has 1 saturated heterocycles. The number of fused-ring (bicyclic) bond motifs is 1. The molecule has 0 spiro atoms. The number of azide groups is 1. The van der Waals surface area contributed by atoms with Crippen LogP contribution in [-0.4, -0.2) is 51.1 Å². The van der Waals surface area contributed by atoms with Crippen molar-refractivity contribution in [3.8, 4) is 0 Å². The van der Waals surface area contributed by atoms with Gasteiger partial charge in [-0.1, -0.05) is 52.6 Å². The summed E-state index contributed by atoms with van der Waals surface area (Å²) < 4.78 is 34.3. The molecule has 3 heterocycles. The van der Waals surface area contributed by atoms with Crippen LogP contribution in [0.3, 0.4) is 0 Å². The molecule has 39 heavy (non-hydrogen) atoms. The molecular weight excluding hydrogens is 554 g/mol. The second-order valence-electron chi connectivity index (χ2n) is 8.39. The number of carbonyl (C=O) groups is 2. The van der Waals surface area contributed by atoms with Crippen molar-refractivity contribution < 1.29 is 28.2 Å². The number of carbonyl (C=O) groups excluding carboxylic acids is 2. The summed E-state index contributed by atoms with van der Waals surface area (Å²) in [5, 5.41) is 4.45. The van der Waals surface area contributed by atoms with E-state index in [9.17, 15) is 15.1 Å². The Morgan fingerprint density at radius 3 is 2.62 bits per heavy atom. The third kappa shape index (κ3) is 5.10. The second-order valence-corrected chi connectivity index (χ2v) is 9.18. The van der Waals surface area contributed by atoms with Crippen LogP contribution in [0.15, 0.2) is 78.3 Å². The molecule has 2 aromatic heterocycles. The lowest BCUT2D eigenvalue weighted by molar-refractivity contribution is -0.127. The topological polar surface area (TPSA) is 141 Å². The fraction of sp³-hybridized carbons (Fsp3) is 0.200. The molecule has 0 N–H and O–H groups in total. The average Bonchev–Trinajstić information content (AvgIpc) is 3.48. The third-order valence-corrected chi connectivity index (χ3v) is 6.53. The minimum absolute atomic E-state index is 0.0884. The lowest BCUT2D eigenvalue weighted by Crippen LogP contribution is -2.47. The van der Waals surface area contributed by atoms with E-state index in [4.69, 9.17) is 37.4 Å². The highest BCUT2D eigenvalue weighted by molar-refractivity contribution is 6.33. The summed E-state index contributed by atoms with van der Waals surface area (Å²) in [6.07, 6.45) is -2.81. The van der Waals surface area contributed by atoms with Crippen molar-refractivity contribution in [2.24, 2.45) is 5.11 Å². The third-order valence-electron chi connectivity index (χ3n) is 5.99. The highest BCUT2D eigenvalue weighted by atomic mass is 35.5. The molecule has 11 nitrogen and oxygen atoms in total. The van der Waals surface area contributed by atoms with Crippen LogP contribution in [0.25, 0.3) is 21.5 Å².